The number of hydrogen-bond acceptors (Lipinski definition) is 5. The van der Waals surface area contributed by atoms with Gasteiger partial charge in [-0.1, -0.05) is 0 Å². The van der Waals surface area contributed by atoms with E-state index in [9.17, 15) is 14.7 Å². The smallest absolute Gasteiger partial charge is 0.261 e. The van der Waals surface area contributed by atoms with Crippen LogP contribution in [0.25, 0.3) is 10.9 Å². The van der Waals surface area contributed by atoms with Gasteiger partial charge in [0.2, 0.25) is 5.91 Å². The summed E-state index contributed by atoms with van der Waals surface area (Å²) in [7, 11) is 0. The molecule has 2 aromatic heterocycles. The van der Waals surface area contributed by atoms with E-state index >= 15 is 0 Å². The van der Waals surface area contributed by atoms with Gasteiger partial charge in [0.25, 0.3) is 5.56 Å². The number of rotatable bonds is 3. The number of phenolic OH excluding ortho intramolecular Hbond substituents is 1. The first-order chi connectivity index (χ1) is 11.0. The van der Waals surface area contributed by atoms with E-state index in [1.165, 1.54) is 22.9 Å². The number of hydrogen-bond donors (Lipinski definition) is 2. The maximum absolute atomic E-state index is 12.5. The van der Waals surface area contributed by atoms with E-state index in [0.717, 1.165) is 0 Å². The van der Waals surface area contributed by atoms with E-state index < -0.39 is 0 Å². The van der Waals surface area contributed by atoms with E-state index in [1.807, 2.05) is 0 Å². The zero-order valence-electron chi connectivity index (χ0n) is 12.4. The molecule has 7 nitrogen and oxygen atoms in total. The molecule has 116 valence electrons. The summed E-state index contributed by atoms with van der Waals surface area (Å²) in [6, 6.07) is 7.79. The average Bonchev–Trinajstić information content (AvgIpc) is 2.53. The van der Waals surface area contributed by atoms with Gasteiger partial charge < -0.3 is 10.4 Å². The van der Waals surface area contributed by atoms with Crippen LogP contribution in [0.3, 0.4) is 0 Å². The minimum Gasteiger partial charge on any atom is -0.508 e. The lowest BCUT2D eigenvalue weighted by Crippen LogP contribution is -2.30. The van der Waals surface area contributed by atoms with Crippen LogP contribution in [0.1, 0.15) is 5.82 Å². The number of aromatic hydroxyl groups is 1. The number of benzene rings is 1. The third kappa shape index (κ3) is 3.03. The number of amides is 1. The van der Waals surface area contributed by atoms with Crippen molar-refractivity contribution in [3.05, 3.63) is 58.9 Å². The molecular formula is C16H14N4O3. The number of carbonyl (C=O) groups excluding carboxylic acids is 1. The molecule has 0 saturated carbocycles. The Morgan fingerprint density at radius 1 is 1.35 bits per heavy atom. The number of nitrogens with one attached hydrogen (secondary N) is 1. The van der Waals surface area contributed by atoms with E-state index in [4.69, 9.17) is 0 Å². The van der Waals surface area contributed by atoms with Gasteiger partial charge in [0.1, 0.15) is 18.1 Å². The maximum Gasteiger partial charge on any atom is 0.261 e. The number of carbonyl (C=O) groups is 1. The topological polar surface area (TPSA) is 97.1 Å². The highest BCUT2D eigenvalue weighted by molar-refractivity contribution is 5.90. The molecule has 23 heavy (non-hydrogen) atoms. The Kier molecular flexibility index (Phi) is 3.76. The van der Waals surface area contributed by atoms with Gasteiger partial charge >= 0.3 is 0 Å². The number of phenols is 1. The van der Waals surface area contributed by atoms with Gasteiger partial charge in [0.15, 0.2) is 0 Å². The summed E-state index contributed by atoms with van der Waals surface area (Å²) in [5.41, 5.74) is 0.661. The predicted molar refractivity (Wildman–Crippen MR) is 85.3 cm³/mol. The fourth-order valence-corrected chi connectivity index (χ4v) is 2.29. The summed E-state index contributed by atoms with van der Waals surface area (Å²) >= 11 is 0. The van der Waals surface area contributed by atoms with Gasteiger partial charge in [-0.2, -0.15) is 0 Å². The molecule has 1 aromatic carbocycles. The van der Waals surface area contributed by atoms with Crippen LogP contribution in [0.2, 0.25) is 0 Å². The van der Waals surface area contributed by atoms with Crippen molar-refractivity contribution in [2.75, 3.05) is 5.32 Å². The average molecular weight is 310 g/mol. The summed E-state index contributed by atoms with van der Waals surface area (Å²) < 4.78 is 1.27. The number of aryl methyl sites for hydroxylation is 1. The molecule has 2 heterocycles. The van der Waals surface area contributed by atoms with Gasteiger partial charge in [-0.25, -0.2) is 4.98 Å². The molecule has 0 radical (unpaired) electrons. The minimum absolute atomic E-state index is 0.0217. The number of pyridine rings is 1. The van der Waals surface area contributed by atoms with Crippen molar-refractivity contribution in [1.82, 2.24) is 14.5 Å². The van der Waals surface area contributed by atoms with Crippen LogP contribution in [0.4, 0.5) is 5.69 Å². The van der Waals surface area contributed by atoms with Crippen molar-refractivity contribution >= 4 is 22.5 Å². The zero-order chi connectivity index (χ0) is 16.4. The van der Waals surface area contributed by atoms with Crippen molar-refractivity contribution in [3.63, 3.8) is 0 Å². The second-order valence-electron chi connectivity index (χ2n) is 5.04. The minimum atomic E-state index is -0.371. The van der Waals surface area contributed by atoms with Crippen molar-refractivity contribution in [1.29, 1.82) is 0 Å². The van der Waals surface area contributed by atoms with Crippen LogP contribution < -0.4 is 10.9 Å². The highest BCUT2D eigenvalue weighted by Crippen LogP contribution is 2.15. The predicted octanol–water partition coefficient (Wildman–Crippen LogP) is 1.44. The quantitative estimate of drug-likeness (QED) is 0.763. The SMILES string of the molecule is Cc1nc2ccc(O)cc2c(=O)n1CC(=O)Nc1cccnc1. The lowest BCUT2D eigenvalue weighted by atomic mass is 10.2. The van der Waals surface area contributed by atoms with Gasteiger partial charge in [0.05, 0.1) is 22.8 Å². The Balaban J connectivity index is 1.93. The fourth-order valence-electron chi connectivity index (χ4n) is 2.29. The monoisotopic (exact) mass is 310 g/mol. The van der Waals surface area contributed by atoms with Crippen LogP contribution in [-0.2, 0) is 11.3 Å². The zero-order valence-corrected chi connectivity index (χ0v) is 12.4. The second kappa shape index (κ2) is 5.88. The van der Waals surface area contributed by atoms with E-state index in [2.05, 4.69) is 15.3 Å². The van der Waals surface area contributed by atoms with Crippen LogP contribution in [-0.4, -0.2) is 25.5 Å². The van der Waals surface area contributed by atoms with Crippen LogP contribution in [0, 0.1) is 6.92 Å². The summed E-state index contributed by atoms with van der Waals surface area (Å²) in [5, 5.41) is 12.5. The molecule has 0 aliphatic heterocycles. The highest BCUT2D eigenvalue weighted by atomic mass is 16.3. The van der Waals surface area contributed by atoms with Gasteiger partial charge in [-0.05, 0) is 37.3 Å². The van der Waals surface area contributed by atoms with Crippen LogP contribution in [0.5, 0.6) is 5.75 Å². The largest absolute Gasteiger partial charge is 0.508 e. The lowest BCUT2D eigenvalue weighted by molar-refractivity contribution is -0.116. The lowest BCUT2D eigenvalue weighted by Gasteiger charge is -2.11. The van der Waals surface area contributed by atoms with Crippen molar-refractivity contribution in [3.8, 4) is 5.75 Å². The number of nitrogens with zero attached hydrogens (tertiary/aromatic N) is 3. The van der Waals surface area contributed by atoms with Crippen molar-refractivity contribution in [2.24, 2.45) is 0 Å². The molecule has 3 rings (SSSR count). The molecule has 1 amide bonds. The Morgan fingerprint density at radius 3 is 2.91 bits per heavy atom. The molecule has 0 unspecified atom stereocenters. The molecule has 0 fully saturated rings. The highest BCUT2D eigenvalue weighted by Gasteiger charge is 2.12. The molecule has 0 aliphatic rings. The Hall–Kier alpha value is -3.22. The first-order valence-electron chi connectivity index (χ1n) is 6.94. The molecule has 0 atom stereocenters. The van der Waals surface area contributed by atoms with Crippen molar-refractivity contribution < 1.29 is 9.90 Å². The second-order valence-corrected chi connectivity index (χ2v) is 5.04. The van der Waals surface area contributed by atoms with Gasteiger partial charge in [-0.15, -0.1) is 0 Å². The fraction of sp³-hybridized carbons (Fsp3) is 0.125. The van der Waals surface area contributed by atoms with Crippen LogP contribution >= 0.6 is 0 Å². The molecule has 2 N–H and O–H groups in total. The van der Waals surface area contributed by atoms with Crippen LogP contribution in [0.15, 0.2) is 47.5 Å². The normalized spacial score (nSPS) is 10.7. The van der Waals surface area contributed by atoms with Crippen molar-refractivity contribution in [2.45, 2.75) is 13.5 Å². The summed E-state index contributed by atoms with van der Waals surface area (Å²) in [6.07, 6.45) is 3.12. The molecule has 0 saturated heterocycles. The molecule has 0 spiro atoms. The number of aromatic nitrogens is 3. The van der Waals surface area contributed by atoms with E-state index in [0.29, 0.717) is 17.0 Å². The molecule has 0 aliphatic carbocycles. The molecule has 3 aromatic rings. The number of fused-ring (bicyclic) bond motifs is 1. The molecule has 7 heteroatoms. The number of anilines is 1. The standard InChI is InChI=1S/C16H14N4O3/c1-10-18-14-5-4-12(21)7-13(14)16(23)20(10)9-15(22)19-11-3-2-6-17-8-11/h2-8,21H,9H2,1H3,(H,19,22). The third-order valence-electron chi connectivity index (χ3n) is 3.38. The summed E-state index contributed by atoms with van der Waals surface area (Å²) in [4.78, 5) is 32.8. The maximum atomic E-state index is 12.5. The Morgan fingerprint density at radius 2 is 2.17 bits per heavy atom. The van der Waals surface area contributed by atoms with E-state index in [1.54, 1.807) is 31.3 Å². The van der Waals surface area contributed by atoms with Gasteiger partial charge in [0, 0.05) is 6.20 Å². The summed E-state index contributed by atoms with van der Waals surface area (Å²) in [6.45, 7) is 1.49. The summed E-state index contributed by atoms with van der Waals surface area (Å²) in [5.74, 6) is 0.0469. The third-order valence-corrected chi connectivity index (χ3v) is 3.38. The first-order valence-corrected chi connectivity index (χ1v) is 6.94. The Labute approximate surface area is 131 Å². The molecule has 0 bridgehead atoms. The van der Waals surface area contributed by atoms with Gasteiger partial charge in [-0.3, -0.25) is 19.1 Å². The first kappa shape index (κ1) is 14.7. The molecular weight excluding hydrogens is 296 g/mol. The van der Waals surface area contributed by atoms with E-state index in [-0.39, 0.29) is 29.1 Å². The Bertz CT molecular complexity index is 935.